The second kappa shape index (κ2) is 10.0. The second-order valence-corrected chi connectivity index (χ2v) is 5.71. The van der Waals surface area contributed by atoms with E-state index < -0.39 is 5.97 Å². The Bertz CT molecular complexity index is 304. The minimum absolute atomic E-state index is 0.0265. The van der Waals surface area contributed by atoms with E-state index in [1.807, 2.05) is 0 Å². The molecule has 0 spiro atoms. The lowest BCUT2D eigenvalue weighted by Crippen LogP contribution is -2.35. The molecule has 1 saturated heterocycles. The van der Waals surface area contributed by atoms with Crippen LogP contribution < -0.4 is 0 Å². The molecule has 0 amide bonds. The lowest BCUT2D eigenvalue weighted by molar-refractivity contribution is -0.144. The number of carboxylic acid groups (broad SMARTS) is 1. The number of ether oxygens (including phenoxy) is 1. The van der Waals surface area contributed by atoms with Gasteiger partial charge in [-0.15, -0.1) is 0 Å². The average molecular weight is 303 g/mol. The van der Waals surface area contributed by atoms with E-state index in [9.17, 15) is 9.59 Å². The molecule has 1 fully saturated rings. The van der Waals surface area contributed by atoms with Gasteiger partial charge >= 0.3 is 11.9 Å². The Morgan fingerprint density at radius 1 is 1.25 bits per heavy atom. The third-order valence-corrected chi connectivity index (χ3v) is 3.88. The molecule has 1 aliphatic rings. The molecule has 0 aromatic heterocycles. The van der Waals surface area contributed by atoms with Crippen LogP contribution in [0.1, 0.15) is 38.5 Å². The maximum atomic E-state index is 11.4. The summed E-state index contributed by atoms with van der Waals surface area (Å²) in [5.41, 5.74) is 0. The Labute approximate surface area is 126 Å². The van der Waals surface area contributed by atoms with Crippen molar-refractivity contribution in [3.8, 4) is 0 Å². The fraction of sp³-hybridized carbons (Fsp3) is 0.857. The predicted molar refractivity (Wildman–Crippen MR) is 80.1 cm³/mol. The number of piperidine rings is 1. The van der Waals surface area contributed by atoms with Crippen molar-refractivity contribution in [1.82, 2.24) is 4.90 Å². The zero-order chi connectivity index (χ0) is 14.8. The van der Waals surface area contributed by atoms with Gasteiger partial charge in [-0.05, 0) is 44.7 Å². The first kappa shape index (κ1) is 17.3. The summed E-state index contributed by atoms with van der Waals surface area (Å²) in [6.45, 7) is 3.73. The largest absolute Gasteiger partial charge is 0.481 e. The molecule has 0 saturated carbocycles. The molecule has 116 valence electrons. The molecule has 1 N–H and O–H groups in total. The molecule has 1 aliphatic heterocycles. The van der Waals surface area contributed by atoms with Gasteiger partial charge in [0.2, 0.25) is 0 Å². The highest BCUT2D eigenvalue weighted by atomic mass is 32.1. The van der Waals surface area contributed by atoms with Gasteiger partial charge in [-0.1, -0.05) is 0 Å². The minimum atomic E-state index is -0.870. The van der Waals surface area contributed by atoms with Crippen LogP contribution in [0.3, 0.4) is 0 Å². The van der Waals surface area contributed by atoms with Gasteiger partial charge in [0.1, 0.15) is 0 Å². The number of thiol groups is 1. The monoisotopic (exact) mass is 303 g/mol. The normalized spacial score (nSPS) is 17.1. The topological polar surface area (TPSA) is 66.8 Å². The highest BCUT2D eigenvalue weighted by molar-refractivity contribution is 7.80. The quantitative estimate of drug-likeness (QED) is 0.502. The van der Waals surface area contributed by atoms with Crippen LogP contribution in [-0.2, 0) is 14.3 Å². The molecule has 1 rings (SSSR count). The third-order valence-electron chi connectivity index (χ3n) is 3.68. The molecule has 0 aliphatic carbocycles. The number of esters is 1. The van der Waals surface area contributed by atoms with Crippen molar-refractivity contribution in [2.75, 3.05) is 32.0 Å². The van der Waals surface area contributed by atoms with Crippen molar-refractivity contribution in [3.05, 3.63) is 0 Å². The first-order valence-corrected chi connectivity index (χ1v) is 7.95. The average Bonchev–Trinajstić information content (AvgIpc) is 2.40. The van der Waals surface area contributed by atoms with Gasteiger partial charge in [-0.3, -0.25) is 9.59 Å². The maximum absolute atomic E-state index is 11.4. The zero-order valence-electron chi connectivity index (χ0n) is 11.9. The van der Waals surface area contributed by atoms with Crippen molar-refractivity contribution >= 4 is 24.6 Å². The summed E-state index contributed by atoms with van der Waals surface area (Å²) < 4.78 is 5.14. The number of nitrogens with zero attached hydrogens (tertiary/aromatic N) is 1. The standard InChI is InChI=1S/C14H25NO4S/c16-13(17)2-1-3-14(18)19-10-6-12-4-7-15(8-5-12)9-11-20/h12,20H,1-11H2,(H,16,17). The third kappa shape index (κ3) is 7.75. The van der Waals surface area contributed by atoms with Gasteiger partial charge in [-0.2, -0.15) is 12.6 Å². The fourth-order valence-electron chi connectivity index (χ4n) is 2.44. The lowest BCUT2D eigenvalue weighted by Gasteiger charge is -2.31. The Hall–Kier alpha value is -0.750. The van der Waals surface area contributed by atoms with Crippen LogP contribution in [-0.4, -0.2) is 53.9 Å². The zero-order valence-corrected chi connectivity index (χ0v) is 12.8. The summed E-state index contributed by atoms with van der Waals surface area (Å²) in [7, 11) is 0. The fourth-order valence-corrected chi connectivity index (χ4v) is 2.72. The Kier molecular flexibility index (Phi) is 8.69. The molecule has 0 bridgehead atoms. The summed E-state index contributed by atoms with van der Waals surface area (Å²) in [5, 5.41) is 8.47. The molecule has 0 radical (unpaired) electrons. The molecular formula is C14H25NO4S. The SMILES string of the molecule is O=C(O)CCCC(=O)OCCC1CCN(CCS)CC1. The molecule has 0 unspecified atom stereocenters. The van der Waals surface area contributed by atoms with Crippen LogP contribution in [0.2, 0.25) is 0 Å². The van der Waals surface area contributed by atoms with Gasteiger partial charge in [-0.25, -0.2) is 0 Å². The van der Waals surface area contributed by atoms with Crippen LogP contribution >= 0.6 is 12.6 Å². The number of hydrogen-bond donors (Lipinski definition) is 2. The lowest BCUT2D eigenvalue weighted by atomic mass is 9.94. The summed E-state index contributed by atoms with van der Waals surface area (Å²) in [4.78, 5) is 24.1. The molecule has 0 atom stereocenters. The second-order valence-electron chi connectivity index (χ2n) is 5.27. The van der Waals surface area contributed by atoms with E-state index in [2.05, 4.69) is 17.5 Å². The number of carboxylic acids is 1. The van der Waals surface area contributed by atoms with Crippen molar-refractivity contribution in [3.63, 3.8) is 0 Å². The Balaban J connectivity index is 2.01. The number of hydrogen-bond acceptors (Lipinski definition) is 5. The molecule has 0 aromatic carbocycles. The maximum Gasteiger partial charge on any atom is 0.305 e. The first-order chi connectivity index (χ1) is 9.61. The minimum Gasteiger partial charge on any atom is -0.481 e. The van der Waals surface area contributed by atoms with Crippen molar-refractivity contribution in [1.29, 1.82) is 0 Å². The smallest absolute Gasteiger partial charge is 0.305 e. The predicted octanol–water partition coefficient (Wildman–Crippen LogP) is 1.82. The van der Waals surface area contributed by atoms with Crippen molar-refractivity contribution < 1.29 is 19.4 Å². The summed E-state index contributed by atoms with van der Waals surface area (Å²) in [6.07, 6.45) is 3.82. The van der Waals surface area contributed by atoms with Gasteiger partial charge in [0.15, 0.2) is 0 Å². The van der Waals surface area contributed by atoms with E-state index in [1.165, 1.54) is 0 Å². The molecule has 6 heteroatoms. The number of carbonyl (C=O) groups excluding carboxylic acids is 1. The number of likely N-dealkylation sites (tertiary alicyclic amines) is 1. The summed E-state index contributed by atoms with van der Waals surface area (Å²) in [6, 6.07) is 0. The van der Waals surface area contributed by atoms with Crippen LogP contribution in [0.4, 0.5) is 0 Å². The van der Waals surface area contributed by atoms with Crippen molar-refractivity contribution in [2.45, 2.75) is 38.5 Å². The van der Waals surface area contributed by atoms with E-state index in [0.29, 0.717) is 18.9 Å². The Morgan fingerprint density at radius 3 is 2.55 bits per heavy atom. The highest BCUT2D eigenvalue weighted by Gasteiger charge is 2.18. The number of carbonyl (C=O) groups is 2. The first-order valence-electron chi connectivity index (χ1n) is 7.32. The highest BCUT2D eigenvalue weighted by Crippen LogP contribution is 2.20. The molecule has 1 heterocycles. The van der Waals surface area contributed by atoms with Gasteiger partial charge in [0.05, 0.1) is 6.61 Å². The molecule has 20 heavy (non-hydrogen) atoms. The van der Waals surface area contributed by atoms with E-state index in [1.54, 1.807) is 0 Å². The Morgan fingerprint density at radius 2 is 1.95 bits per heavy atom. The van der Waals surface area contributed by atoms with E-state index in [0.717, 1.165) is 44.6 Å². The molecule has 0 aromatic rings. The van der Waals surface area contributed by atoms with E-state index >= 15 is 0 Å². The van der Waals surface area contributed by atoms with E-state index in [-0.39, 0.29) is 18.8 Å². The number of aliphatic carboxylic acids is 1. The van der Waals surface area contributed by atoms with Crippen LogP contribution in [0.15, 0.2) is 0 Å². The van der Waals surface area contributed by atoms with Gasteiger partial charge < -0.3 is 14.7 Å². The van der Waals surface area contributed by atoms with Crippen LogP contribution in [0.5, 0.6) is 0 Å². The van der Waals surface area contributed by atoms with Gasteiger partial charge in [0.25, 0.3) is 0 Å². The summed E-state index contributed by atoms with van der Waals surface area (Å²) >= 11 is 4.24. The van der Waals surface area contributed by atoms with E-state index in [4.69, 9.17) is 9.84 Å². The molecule has 5 nitrogen and oxygen atoms in total. The summed E-state index contributed by atoms with van der Waals surface area (Å²) in [5.74, 6) is 0.390. The van der Waals surface area contributed by atoms with Gasteiger partial charge in [0, 0.05) is 25.1 Å². The van der Waals surface area contributed by atoms with Crippen LogP contribution in [0, 0.1) is 5.92 Å². The molecular weight excluding hydrogens is 278 g/mol. The van der Waals surface area contributed by atoms with Crippen LogP contribution in [0.25, 0.3) is 0 Å². The number of rotatable bonds is 9. The van der Waals surface area contributed by atoms with Crippen molar-refractivity contribution in [2.24, 2.45) is 5.92 Å².